The molecule has 0 unspecified atom stereocenters. The van der Waals surface area contributed by atoms with Gasteiger partial charge in [0.1, 0.15) is 0 Å². The van der Waals surface area contributed by atoms with Crippen LogP contribution in [0.4, 0.5) is 5.69 Å². The molecule has 0 saturated carbocycles. The molecule has 3 aromatic rings. The van der Waals surface area contributed by atoms with Gasteiger partial charge in [0.25, 0.3) is 11.8 Å². The minimum Gasteiger partial charge on any atom is -0.334 e. The van der Waals surface area contributed by atoms with Crippen LogP contribution in [0.3, 0.4) is 0 Å². The molecule has 3 rings (SSSR count). The van der Waals surface area contributed by atoms with Gasteiger partial charge < -0.3 is 16.0 Å². The third kappa shape index (κ3) is 6.28. The largest absolute Gasteiger partial charge is 0.334 e. The molecule has 0 aromatic heterocycles. The number of carbonyl (C=O) groups excluding carboxylic acids is 2. The summed E-state index contributed by atoms with van der Waals surface area (Å²) >= 11 is 0. The lowest BCUT2D eigenvalue weighted by Crippen LogP contribution is -2.41. The topological polar surface area (TPSA) is 99.2 Å². The van der Waals surface area contributed by atoms with Crippen molar-refractivity contribution in [1.29, 1.82) is 5.26 Å². The number of amides is 2. The maximum absolute atomic E-state index is 13.3. The first-order valence-corrected chi connectivity index (χ1v) is 10.8. The van der Waals surface area contributed by atoms with E-state index in [0.29, 0.717) is 42.0 Å². The number of hydrogen-bond acceptors (Lipinski definition) is 4. The van der Waals surface area contributed by atoms with E-state index in [1.54, 1.807) is 41.3 Å². The van der Waals surface area contributed by atoms with Gasteiger partial charge in [-0.1, -0.05) is 50.2 Å². The van der Waals surface area contributed by atoms with E-state index >= 15 is 0 Å². The third-order valence-electron chi connectivity index (χ3n) is 5.38. The molecule has 0 aliphatic rings. The van der Waals surface area contributed by atoms with E-state index in [4.69, 9.17) is 11.0 Å². The van der Waals surface area contributed by atoms with Crippen LogP contribution in [0.15, 0.2) is 78.9 Å². The molecule has 0 bridgehead atoms. The molecule has 3 aromatic carbocycles. The fraction of sp³-hybridized carbons (Fsp3) is 0.222. The Morgan fingerprint density at radius 1 is 0.939 bits per heavy atom. The zero-order valence-corrected chi connectivity index (χ0v) is 18.9. The van der Waals surface area contributed by atoms with Gasteiger partial charge in [0, 0.05) is 29.9 Å². The lowest BCUT2D eigenvalue weighted by atomic mass is 9.92. The smallest absolute Gasteiger partial charge is 0.255 e. The van der Waals surface area contributed by atoms with Crippen LogP contribution >= 0.6 is 0 Å². The Labute approximate surface area is 194 Å². The van der Waals surface area contributed by atoms with Crippen molar-refractivity contribution in [3.8, 4) is 6.07 Å². The van der Waals surface area contributed by atoms with Crippen molar-refractivity contribution in [2.24, 2.45) is 11.1 Å². The first-order valence-electron chi connectivity index (χ1n) is 10.8. The number of benzene rings is 3. The molecule has 0 heterocycles. The molecular formula is C27H28N4O2. The van der Waals surface area contributed by atoms with Gasteiger partial charge in [-0.2, -0.15) is 5.26 Å². The standard InChI is InChI=1S/C27H28N4O2/c1-27(2,18-29)19-31(26(33)22-8-4-3-5-9-22)17-23-10-6-7-11-24(23)30-25(32)21-14-12-20(16-28)13-15-21/h3-15H,17-19,29H2,1-2H3,(H,30,32). The quantitative estimate of drug-likeness (QED) is 0.541. The average molecular weight is 441 g/mol. The second kappa shape index (κ2) is 10.6. The summed E-state index contributed by atoms with van der Waals surface area (Å²) in [5.74, 6) is -0.375. The molecule has 33 heavy (non-hydrogen) atoms. The Kier molecular flexibility index (Phi) is 7.60. The molecule has 3 N–H and O–H groups in total. The van der Waals surface area contributed by atoms with Crippen LogP contribution in [0, 0.1) is 16.7 Å². The average Bonchev–Trinajstić information content (AvgIpc) is 2.84. The van der Waals surface area contributed by atoms with E-state index in [-0.39, 0.29) is 17.2 Å². The fourth-order valence-corrected chi connectivity index (χ4v) is 3.42. The summed E-state index contributed by atoms with van der Waals surface area (Å²) < 4.78 is 0. The van der Waals surface area contributed by atoms with Gasteiger partial charge in [-0.25, -0.2) is 0 Å². The maximum atomic E-state index is 13.3. The van der Waals surface area contributed by atoms with Crippen LogP contribution in [-0.4, -0.2) is 29.8 Å². The van der Waals surface area contributed by atoms with E-state index in [9.17, 15) is 9.59 Å². The highest BCUT2D eigenvalue weighted by Crippen LogP contribution is 2.23. The first-order chi connectivity index (χ1) is 15.8. The molecule has 0 saturated heterocycles. The number of anilines is 1. The number of nitriles is 1. The van der Waals surface area contributed by atoms with Gasteiger partial charge in [0.05, 0.1) is 11.6 Å². The lowest BCUT2D eigenvalue weighted by molar-refractivity contribution is 0.0674. The highest BCUT2D eigenvalue weighted by Gasteiger charge is 2.25. The summed E-state index contributed by atoms with van der Waals surface area (Å²) in [6, 6.07) is 25.1. The SMILES string of the molecule is CC(C)(CN)CN(Cc1ccccc1NC(=O)c1ccc(C#N)cc1)C(=O)c1ccccc1. The molecule has 0 aliphatic carbocycles. The monoisotopic (exact) mass is 440 g/mol. The fourth-order valence-electron chi connectivity index (χ4n) is 3.42. The van der Waals surface area contributed by atoms with Crippen LogP contribution in [-0.2, 0) is 6.54 Å². The van der Waals surface area contributed by atoms with Crippen molar-refractivity contribution in [2.75, 3.05) is 18.4 Å². The van der Waals surface area contributed by atoms with Crippen molar-refractivity contribution in [2.45, 2.75) is 20.4 Å². The molecule has 0 aliphatic heterocycles. The summed E-state index contributed by atoms with van der Waals surface area (Å²) in [6.07, 6.45) is 0. The summed E-state index contributed by atoms with van der Waals surface area (Å²) in [7, 11) is 0. The highest BCUT2D eigenvalue weighted by molar-refractivity contribution is 6.04. The molecule has 2 amide bonds. The summed E-state index contributed by atoms with van der Waals surface area (Å²) in [5.41, 5.74) is 8.67. The molecule has 0 spiro atoms. The molecule has 6 nitrogen and oxygen atoms in total. The Hall–Kier alpha value is -3.95. The van der Waals surface area contributed by atoms with Crippen molar-refractivity contribution in [1.82, 2.24) is 4.90 Å². The summed E-state index contributed by atoms with van der Waals surface area (Å²) in [4.78, 5) is 27.9. The molecular weight excluding hydrogens is 412 g/mol. The third-order valence-corrected chi connectivity index (χ3v) is 5.38. The van der Waals surface area contributed by atoms with Crippen LogP contribution in [0.5, 0.6) is 0 Å². The van der Waals surface area contributed by atoms with Crippen molar-refractivity contribution in [3.63, 3.8) is 0 Å². The molecule has 0 fully saturated rings. The Morgan fingerprint density at radius 2 is 1.58 bits per heavy atom. The van der Waals surface area contributed by atoms with E-state index in [1.165, 1.54) is 0 Å². The van der Waals surface area contributed by atoms with E-state index < -0.39 is 0 Å². The molecule has 0 radical (unpaired) electrons. The van der Waals surface area contributed by atoms with Gasteiger partial charge in [0.2, 0.25) is 0 Å². The summed E-state index contributed by atoms with van der Waals surface area (Å²) in [5, 5.41) is 11.9. The van der Waals surface area contributed by atoms with Gasteiger partial charge in [-0.05, 0) is 60.0 Å². The molecule has 6 heteroatoms. The predicted octanol–water partition coefficient (Wildman–Crippen LogP) is 4.44. The van der Waals surface area contributed by atoms with E-state index in [0.717, 1.165) is 5.56 Å². The van der Waals surface area contributed by atoms with Crippen molar-refractivity contribution >= 4 is 17.5 Å². The van der Waals surface area contributed by atoms with Gasteiger partial charge >= 0.3 is 0 Å². The van der Waals surface area contributed by atoms with Crippen LogP contribution in [0.25, 0.3) is 0 Å². The van der Waals surface area contributed by atoms with Crippen LogP contribution in [0.2, 0.25) is 0 Å². The number of para-hydroxylation sites is 1. The van der Waals surface area contributed by atoms with Crippen molar-refractivity contribution < 1.29 is 9.59 Å². The minimum absolute atomic E-state index is 0.0923. The highest BCUT2D eigenvalue weighted by atomic mass is 16.2. The van der Waals surface area contributed by atoms with Crippen LogP contribution < -0.4 is 11.1 Å². The van der Waals surface area contributed by atoms with E-state index in [1.807, 2.05) is 62.4 Å². The van der Waals surface area contributed by atoms with Crippen LogP contribution in [0.1, 0.15) is 45.7 Å². The number of nitrogens with two attached hydrogens (primary N) is 1. The first kappa shape index (κ1) is 23.7. The molecule has 0 atom stereocenters. The summed E-state index contributed by atoms with van der Waals surface area (Å²) in [6.45, 7) is 5.27. The minimum atomic E-state index is -0.282. The Bertz CT molecular complexity index is 1150. The number of hydrogen-bond donors (Lipinski definition) is 2. The maximum Gasteiger partial charge on any atom is 0.255 e. The second-order valence-electron chi connectivity index (χ2n) is 8.70. The van der Waals surface area contributed by atoms with E-state index in [2.05, 4.69) is 5.32 Å². The van der Waals surface area contributed by atoms with Gasteiger partial charge in [-0.15, -0.1) is 0 Å². The lowest BCUT2D eigenvalue weighted by Gasteiger charge is -2.32. The molecule has 168 valence electrons. The Balaban J connectivity index is 1.86. The predicted molar refractivity (Wildman–Crippen MR) is 130 cm³/mol. The number of nitrogens with one attached hydrogen (secondary N) is 1. The van der Waals surface area contributed by atoms with Gasteiger partial charge in [-0.3, -0.25) is 9.59 Å². The van der Waals surface area contributed by atoms with Crippen molar-refractivity contribution in [3.05, 3.63) is 101 Å². The zero-order chi connectivity index (χ0) is 23.8. The van der Waals surface area contributed by atoms with Gasteiger partial charge in [0.15, 0.2) is 0 Å². The Morgan fingerprint density at radius 3 is 2.21 bits per heavy atom. The normalized spacial score (nSPS) is 10.8. The number of rotatable bonds is 8. The number of carbonyl (C=O) groups is 2. The number of nitrogens with zero attached hydrogens (tertiary/aromatic N) is 2. The second-order valence-corrected chi connectivity index (χ2v) is 8.70. The zero-order valence-electron chi connectivity index (χ0n) is 18.9.